The number of rotatable bonds is 10. The number of hydrogen-bond donors (Lipinski definition) is 1. The van der Waals surface area contributed by atoms with Gasteiger partial charge in [0.2, 0.25) is 0 Å². The number of halogens is 2. The van der Waals surface area contributed by atoms with Crippen molar-refractivity contribution in [3.63, 3.8) is 0 Å². The average molecular weight is 302 g/mol. The van der Waals surface area contributed by atoms with Crippen LogP contribution in [0.4, 0.5) is 8.78 Å². The zero-order valence-corrected chi connectivity index (χ0v) is 13.0. The van der Waals surface area contributed by atoms with Crippen molar-refractivity contribution < 1.29 is 27.5 Å². The van der Waals surface area contributed by atoms with Gasteiger partial charge in [0.1, 0.15) is 6.10 Å². The second-order valence-corrected chi connectivity index (χ2v) is 6.87. The second-order valence-electron chi connectivity index (χ2n) is 4.76. The van der Waals surface area contributed by atoms with E-state index in [0.717, 1.165) is 6.42 Å². The second kappa shape index (κ2) is 8.30. The topological polar surface area (TPSA) is 55.8 Å². The predicted molar refractivity (Wildman–Crippen MR) is 70.5 cm³/mol. The third-order valence-electron chi connectivity index (χ3n) is 2.62. The molecule has 1 N–H and O–H groups in total. The molecule has 0 aromatic rings. The highest BCUT2D eigenvalue weighted by Gasteiger charge is 2.58. The van der Waals surface area contributed by atoms with Gasteiger partial charge >= 0.3 is 13.3 Å². The Hall–Kier alpha value is -0.0300. The van der Waals surface area contributed by atoms with Gasteiger partial charge in [-0.15, -0.1) is 0 Å². The van der Waals surface area contributed by atoms with E-state index in [1.807, 2.05) is 13.8 Å². The average Bonchev–Trinajstić information content (AvgIpc) is 2.28. The molecule has 0 aliphatic heterocycles. The molecule has 0 saturated carbocycles. The van der Waals surface area contributed by atoms with Crippen LogP contribution in [0.3, 0.4) is 0 Å². The predicted octanol–water partition coefficient (Wildman–Crippen LogP) is 4.03. The van der Waals surface area contributed by atoms with Crippen molar-refractivity contribution >= 4 is 7.60 Å². The third-order valence-corrected chi connectivity index (χ3v) is 4.85. The highest BCUT2D eigenvalue weighted by molar-refractivity contribution is 7.55. The van der Waals surface area contributed by atoms with Crippen LogP contribution in [0.5, 0.6) is 0 Å². The van der Waals surface area contributed by atoms with Crippen LogP contribution in [-0.4, -0.2) is 30.1 Å². The molecule has 0 saturated heterocycles. The summed E-state index contributed by atoms with van der Waals surface area (Å²) in [6.45, 7) is 6.52. The fourth-order valence-corrected chi connectivity index (χ4v) is 3.22. The Bertz CT molecular complexity index is 287. The number of aliphatic hydroxyl groups is 1. The smallest absolute Gasteiger partial charge is 0.386 e. The quantitative estimate of drug-likeness (QED) is 0.619. The van der Waals surface area contributed by atoms with Crippen molar-refractivity contribution in [3.8, 4) is 0 Å². The summed E-state index contributed by atoms with van der Waals surface area (Å²) in [6.07, 6.45) is -0.988. The lowest BCUT2D eigenvalue weighted by Gasteiger charge is -2.29. The molecular formula is C12H25F2O4P. The molecular weight excluding hydrogens is 277 g/mol. The Labute approximate surface area is 114 Å². The summed E-state index contributed by atoms with van der Waals surface area (Å²) < 4.78 is 49.2. The molecule has 4 nitrogen and oxygen atoms in total. The zero-order valence-electron chi connectivity index (χ0n) is 12.1. The molecule has 0 fully saturated rings. The highest BCUT2D eigenvalue weighted by Crippen LogP contribution is 2.63. The molecule has 0 aliphatic rings. The van der Waals surface area contributed by atoms with E-state index in [1.165, 1.54) is 13.8 Å². The Balaban J connectivity index is 4.73. The van der Waals surface area contributed by atoms with Crippen LogP contribution in [0.2, 0.25) is 0 Å². The lowest BCUT2D eigenvalue weighted by atomic mass is 10.0. The minimum Gasteiger partial charge on any atom is -0.386 e. The van der Waals surface area contributed by atoms with Crippen LogP contribution in [0.1, 0.15) is 47.0 Å². The summed E-state index contributed by atoms with van der Waals surface area (Å²) >= 11 is 0. The van der Waals surface area contributed by atoms with E-state index < -0.39 is 19.4 Å². The fraction of sp³-hybridized carbons (Fsp3) is 1.00. The molecule has 0 radical (unpaired) electrons. The van der Waals surface area contributed by atoms with Crippen LogP contribution in [0.15, 0.2) is 0 Å². The normalized spacial score (nSPS) is 14.9. The number of alkyl halides is 2. The lowest BCUT2D eigenvalue weighted by molar-refractivity contribution is -0.0696. The standard InChI is InChI=1S/C12H25F2O4P/c1-5-17-19(16,18-6-2)12(13,14)11(15)9-7-8-10(3)4/h10-11,15H,5-9H2,1-4H3. The first-order chi connectivity index (χ1) is 8.71. The maximum atomic E-state index is 14.0. The van der Waals surface area contributed by atoms with Crippen LogP contribution >= 0.6 is 7.60 Å². The highest BCUT2D eigenvalue weighted by atomic mass is 31.2. The molecule has 0 rings (SSSR count). The van der Waals surface area contributed by atoms with Gasteiger partial charge in [-0.2, -0.15) is 8.78 Å². The molecule has 116 valence electrons. The fourth-order valence-electron chi connectivity index (χ4n) is 1.62. The third kappa shape index (κ3) is 5.46. The molecule has 7 heteroatoms. The minimum absolute atomic E-state index is 0.130. The van der Waals surface area contributed by atoms with E-state index in [0.29, 0.717) is 12.3 Å². The molecule has 1 atom stereocenters. The molecule has 0 aliphatic carbocycles. The van der Waals surface area contributed by atoms with Crippen molar-refractivity contribution in [1.29, 1.82) is 0 Å². The summed E-state index contributed by atoms with van der Waals surface area (Å²) in [4.78, 5) is 0. The van der Waals surface area contributed by atoms with Gasteiger partial charge < -0.3 is 14.2 Å². The van der Waals surface area contributed by atoms with Gasteiger partial charge in [-0.25, -0.2) is 0 Å². The summed E-state index contributed by atoms with van der Waals surface area (Å²) in [5, 5.41) is 9.60. The maximum absolute atomic E-state index is 14.0. The van der Waals surface area contributed by atoms with Gasteiger partial charge in [0.15, 0.2) is 0 Å². The van der Waals surface area contributed by atoms with E-state index in [4.69, 9.17) is 0 Å². The van der Waals surface area contributed by atoms with Gasteiger partial charge in [0, 0.05) is 0 Å². The Morgan fingerprint density at radius 1 is 1.16 bits per heavy atom. The molecule has 19 heavy (non-hydrogen) atoms. The van der Waals surface area contributed by atoms with Crippen LogP contribution in [-0.2, 0) is 13.6 Å². The molecule has 0 aromatic carbocycles. The lowest BCUT2D eigenvalue weighted by Crippen LogP contribution is -2.35. The first-order valence-electron chi connectivity index (χ1n) is 6.66. The van der Waals surface area contributed by atoms with E-state index in [9.17, 15) is 18.5 Å². The number of aliphatic hydroxyl groups excluding tert-OH is 1. The monoisotopic (exact) mass is 302 g/mol. The first-order valence-corrected chi connectivity index (χ1v) is 8.20. The number of hydrogen-bond acceptors (Lipinski definition) is 4. The van der Waals surface area contributed by atoms with Crippen LogP contribution < -0.4 is 0 Å². The van der Waals surface area contributed by atoms with E-state index in [1.54, 1.807) is 0 Å². The van der Waals surface area contributed by atoms with Gasteiger partial charge in [-0.05, 0) is 26.2 Å². The summed E-state index contributed by atoms with van der Waals surface area (Å²) in [5.74, 6) is 0.367. The maximum Gasteiger partial charge on any atom is 0.402 e. The molecule has 1 unspecified atom stereocenters. The Morgan fingerprint density at radius 3 is 2.00 bits per heavy atom. The molecule has 0 amide bonds. The van der Waals surface area contributed by atoms with Crippen molar-refractivity contribution in [2.45, 2.75) is 58.7 Å². The van der Waals surface area contributed by atoms with Gasteiger partial charge in [0.25, 0.3) is 0 Å². The van der Waals surface area contributed by atoms with Gasteiger partial charge in [-0.1, -0.05) is 26.7 Å². The van der Waals surface area contributed by atoms with E-state index >= 15 is 0 Å². The molecule has 0 bridgehead atoms. The molecule has 0 heterocycles. The Morgan fingerprint density at radius 2 is 1.63 bits per heavy atom. The summed E-state index contributed by atoms with van der Waals surface area (Å²) in [5.41, 5.74) is -3.88. The van der Waals surface area contributed by atoms with E-state index in [2.05, 4.69) is 9.05 Å². The molecule has 0 spiro atoms. The summed E-state index contributed by atoms with van der Waals surface area (Å²) in [7, 11) is -4.63. The van der Waals surface area contributed by atoms with Crippen LogP contribution in [0.25, 0.3) is 0 Å². The van der Waals surface area contributed by atoms with Crippen molar-refractivity contribution in [1.82, 2.24) is 0 Å². The van der Waals surface area contributed by atoms with Crippen molar-refractivity contribution in [3.05, 3.63) is 0 Å². The zero-order chi connectivity index (χ0) is 15.1. The van der Waals surface area contributed by atoms with Gasteiger partial charge in [0.05, 0.1) is 13.2 Å². The first kappa shape index (κ1) is 19.0. The molecule has 0 aromatic heterocycles. The minimum atomic E-state index is -4.63. The van der Waals surface area contributed by atoms with Crippen LogP contribution in [0, 0.1) is 5.92 Å². The Kier molecular flexibility index (Phi) is 8.29. The SMILES string of the molecule is CCOP(=O)(OCC)C(F)(F)C(O)CCCC(C)C. The summed E-state index contributed by atoms with van der Waals surface area (Å²) in [6, 6.07) is 0. The van der Waals surface area contributed by atoms with Crippen molar-refractivity contribution in [2.75, 3.05) is 13.2 Å². The largest absolute Gasteiger partial charge is 0.402 e. The van der Waals surface area contributed by atoms with E-state index in [-0.39, 0.29) is 19.6 Å². The van der Waals surface area contributed by atoms with Crippen molar-refractivity contribution in [2.24, 2.45) is 5.92 Å². The van der Waals surface area contributed by atoms with Gasteiger partial charge in [-0.3, -0.25) is 4.57 Å².